The molecule has 1 unspecified atom stereocenters. The van der Waals surface area contributed by atoms with Crippen LogP contribution in [0.15, 0.2) is 21.9 Å². The predicted molar refractivity (Wildman–Crippen MR) is 98.4 cm³/mol. The summed E-state index contributed by atoms with van der Waals surface area (Å²) >= 11 is 7.33. The fourth-order valence-electron chi connectivity index (χ4n) is 2.75. The van der Waals surface area contributed by atoms with Crippen molar-refractivity contribution in [2.75, 3.05) is 0 Å². The van der Waals surface area contributed by atoms with Gasteiger partial charge >= 0.3 is 5.69 Å². The Morgan fingerprint density at radius 2 is 2.00 bits per heavy atom. The number of fused-ring (bicyclic) bond motifs is 1. The van der Waals surface area contributed by atoms with Crippen molar-refractivity contribution in [3.63, 3.8) is 0 Å². The number of aliphatic hydroxyl groups excluding tert-OH is 1. The maximum Gasteiger partial charge on any atom is 0.331 e. The van der Waals surface area contributed by atoms with E-state index in [1.165, 1.54) is 23.1 Å². The van der Waals surface area contributed by atoms with Gasteiger partial charge < -0.3 is 5.11 Å². The van der Waals surface area contributed by atoms with Gasteiger partial charge in [-0.3, -0.25) is 18.6 Å². The van der Waals surface area contributed by atoms with Gasteiger partial charge in [-0.05, 0) is 12.0 Å². The molecule has 25 heavy (non-hydrogen) atoms. The molecule has 0 saturated heterocycles. The van der Waals surface area contributed by atoms with E-state index in [0.29, 0.717) is 32.4 Å². The monoisotopic (exact) mass is 382 g/mol. The molecule has 0 saturated carbocycles. The molecule has 3 rings (SSSR count). The lowest BCUT2D eigenvalue weighted by Crippen LogP contribution is -2.38. The Morgan fingerprint density at radius 1 is 1.32 bits per heavy atom. The molecule has 0 aliphatic rings. The van der Waals surface area contributed by atoms with E-state index in [0.717, 1.165) is 4.57 Å². The topological polar surface area (TPSA) is 82.1 Å². The predicted octanol–water partition coefficient (Wildman–Crippen LogP) is 1.89. The van der Waals surface area contributed by atoms with Crippen molar-refractivity contribution in [3.05, 3.63) is 48.7 Å². The van der Waals surface area contributed by atoms with Crippen LogP contribution in [-0.4, -0.2) is 24.0 Å². The zero-order valence-corrected chi connectivity index (χ0v) is 15.9. The van der Waals surface area contributed by atoms with Crippen molar-refractivity contribution in [3.8, 4) is 0 Å². The van der Waals surface area contributed by atoms with Crippen molar-refractivity contribution < 1.29 is 5.11 Å². The number of aryl methyl sites for hydroxylation is 1. The fraction of sp³-hybridized carbons (Fsp3) is 0.438. The van der Waals surface area contributed by atoms with Gasteiger partial charge in [-0.1, -0.05) is 25.4 Å². The van der Waals surface area contributed by atoms with Gasteiger partial charge in [0.15, 0.2) is 0 Å². The van der Waals surface area contributed by atoms with E-state index in [-0.39, 0.29) is 17.2 Å². The molecule has 0 spiro atoms. The number of hydrogen-bond acceptors (Lipinski definition) is 5. The van der Waals surface area contributed by atoms with Crippen LogP contribution < -0.4 is 11.2 Å². The largest absolute Gasteiger partial charge is 0.381 e. The van der Waals surface area contributed by atoms with Crippen LogP contribution in [0.5, 0.6) is 0 Å². The summed E-state index contributed by atoms with van der Waals surface area (Å²) in [5.74, 6) is 0.235. The van der Waals surface area contributed by atoms with E-state index in [1.54, 1.807) is 23.9 Å². The van der Waals surface area contributed by atoms with Crippen LogP contribution in [0.3, 0.4) is 0 Å². The van der Waals surface area contributed by atoms with Crippen molar-refractivity contribution >= 4 is 33.2 Å². The first kappa shape index (κ1) is 17.9. The molecule has 0 aliphatic carbocycles. The quantitative estimate of drug-likeness (QED) is 0.747. The Labute approximate surface area is 152 Å². The third-order valence-corrected chi connectivity index (χ3v) is 5.42. The molecule has 0 bridgehead atoms. The number of hydrogen-bond donors (Lipinski definition) is 1. The van der Waals surface area contributed by atoms with Gasteiger partial charge in [-0.2, -0.15) is 5.10 Å². The third kappa shape index (κ3) is 3.05. The molecule has 0 fully saturated rings. The smallest absolute Gasteiger partial charge is 0.331 e. The molecular formula is C16H19ClN4O3S. The van der Waals surface area contributed by atoms with Crippen LogP contribution in [0.2, 0.25) is 5.02 Å². The second-order valence-electron chi connectivity index (χ2n) is 6.46. The van der Waals surface area contributed by atoms with Gasteiger partial charge in [0, 0.05) is 31.7 Å². The minimum Gasteiger partial charge on any atom is -0.381 e. The highest BCUT2D eigenvalue weighted by Crippen LogP contribution is 2.33. The van der Waals surface area contributed by atoms with E-state index < -0.39 is 6.10 Å². The minimum atomic E-state index is -1.06. The summed E-state index contributed by atoms with van der Waals surface area (Å²) in [6.07, 6.45) is 0.541. The molecule has 1 atom stereocenters. The Hall–Kier alpha value is -1.90. The molecule has 0 aliphatic heterocycles. The van der Waals surface area contributed by atoms with Crippen molar-refractivity contribution in [2.45, 2.75) is 26.5 Å². The highest BCUT2D eigenvalue weighted by atomic mass is 35.5. The fourth-order valence-corrected chi connectivity index (χ4v) is 4.17. The first-order valence-corrected chi connectivity index (χ1v) is 9.00. The summed E-state index contributed by atoms with van der Waals surface area (Å²) in [5.41, 5.74) is -0.405. The zero-order valence-electron chi connectivity index (χ0n) is 14.4. The lowest BCUT2D eigenvalue weighted by atomic mass is 10.2. The third-order valence-electron chi connectivity index (χ3n) is 3.92. The number of rotatable bonds is 4. The van der Waals surface area contributed by atoms with Gasteiger partial charge in [0.2, 0.25) is 0 Å². The van der Waals surface area contributed by atoms with E-state index in [1.807, 2.05) is 13.8 Å². The number of nitrogens with zero attached hydrogens (tertiary/aromatic N) is 4. The maximum atomic E-state index is 12.5. The lowest BCUT2D eigenvalue weighted by molar-refractivity contribution is 0.218. The van der Waals surface area contributed by atoms with Crippen LogP contribution in [0.25, 0.3) is 10.2 Å². The molecular weight excluding hydrogens is 364 g/mol. The summed E-state index contributed by atoms with van der Waals surface area (Å²) in [6.45, 7) is 4.49. The molecule has 0 amide bonds. The zero-order chi connectivity index (χ0) is 18.5. The lowest BCUT2D eigenvalue weighted by Gasteiger charge is -2.11. The molecule has 1 N–H and O–H groups in total. The summed E-state index contributed by atoms with van der Waals surface area (Å²) in [5, 5.41) is 15.6. The summed E-state index contributed by atoms with van der Waals surface area (Å²) < 4.78 is 4.20. The van der Waals surface area contributed by atoms with Crippen molar-refractivity contribution in [1.82, 2.24) is 18.9 Å². The molecule has 7 nitrogen and oxygen atoms in total. The van der Waals surface area contributed by atoms with Crippen LogP contribution in [0, 0.1) is 5.92 Å². The van der Waals surface area contributed by atoms with Crippen LogP contribution in [0.1, 0.15) is 30.5 Å². The molecule has 0 radical (unpaired) electrons. The molecule has 134 valence electrons. The SMILES string of the molecule is CC(C)Cn1c(=O)n(C)c(=O)c2cc(C(O)c3nn(C)cc3Cl)sc21. The van der Waals surface area contributed by atoms with Crippen LogP contribution in [0.4, 0.5) is 0 Å². The number of aliphatic hydroxyl groups is 1. The Balaban J connectivity index is 2.23. The number of halogens is 1. The summed E-state index contributed by atoms with van der Waals surface area (Å²) in [4.78, 5) is 26.0. The second-order valence-corrected chi connectivity index (χ2v) is 7.93. The van der Waals surface area contributed by atoms with Crippen molar-refractivity contribution in [2.24, 2.45) is 20.0 Å². The molecule has 0 aromatic carbocycles. The Kier molecular flexibility index (Phi) is 4.61. The van der Waals surface area contributed by atoms with E-state index in [2.05, 4.69) is 5.10 Å². The standard InChI is InChI=1S/C16H19ClN4O3S/c1-8(2)6-21-15-9(14(23)20(4)16(21)24)5-11(25-15)13(22)12-10(17)7-19(3)18-12/h5,7-8,13,22H,6H2,1-4H3. The van der Waals surface area contributed by atoms with Gasteiger partial charge in [0.05, 0.1) is 10.4 Å². The van der Waals surface area contributed by atoms with E-state index in [4.69, 9.17) is 11.6 Å². The highest BCUT2D eigenvalue weighted by molar-refractivity contribution is 7.18. The minimum absolute atomic E-state index is 0.235. The molecule has 3 aromatic heterocycles. The summed E-state index contributed by atoms with van der Waals surface area (Å²) in [6, 6.07) is 1.62. The maximum absolute atomic E-state index is 12.5. The van der Waals surface area contributed by atoms with Crippen LogP contribution in [-0.2, 0) is 20.6 Å². The molecule has 9 heteroatoms. The second kappa shape index (κ2) is 6.44. The molecule has 3 aromatic rings. The van der Waals surface area contributed by atoms with Gasteiger partial charge in [-0.25, -0.2) is 4.79 Å². The normalized spacial score (nSPS) is 13.1. The van der Waals surface area contributed by atoms with Gasteiger partial charge in [0.1, 0.15) is 16.6 Å². The van der Waals surface area contributed by atoms with Gasteiger partial charge in [0.25, 0.3) is 5.56 Å². The highest BCUT2D eigenvalue weighted by Gasteiger charge is 2.23. The van der Waals surface area contributed by atoms with E-state index >= 15 is 0 Å². The van der Waals surface area contributed by atoms with Crippen LogP contribution >= 0.6 is 22.9 Å². The first-order chi connectivity index (χ1) is 11.7. The average molecular weight is 383 g/mol. The Morgan fingerprint density at radius 3 is 2.56 bits per heavy atom. The van der Waals surface area contributed by atoms with Gasteiger partial charge in [-0.15, -0.1) is 11.3 Å². The Bertz CT molecular complexity index is 1060. The van der Waals surface area contributed by atoms with E-state index in [9.17, 15) is 14.7 Å². The average Bonchev–Trinajstić information content (AvgIpc) is 3.12. The van der Waals surface area contributed by atoms with Crippen molar-refractivity contribution in [1.29, 1.82) is 0 Å². The number of aromatic nitrogens is 4. The summed E-state index contributed by atoms with van der Waals surface area (Å²) in [7, 11) is 3.17. The first-order valence-electron chi connectivity index (χ1n) is 7.81. The molecule has 3 heterocycles. The number of thiophene rings is 1.